The maximum Gasteiger partial charge on any atom is 0.228 e. The lowest BCUT2D eigenvalue weighted by molar-refractivity contribution is -0.115. The minimum absolute atomic E-state index is 0.00105. The molecule has 0 aliphatic rings. The van der Waals surface area contributed by atoms with Gasteiger partial charge in [-0.3, -0.25) is 4.79 Å². The van der Waals surface area contributed by atoms with Crippen molar-refractivity contribution in [3.63, 3.8) is 0 Å². The molecular weight excluding hydrogens is 336 g/mol. The third-order valence-corrected chi connectivity index (χ3v) is 5.47. The average molecular weight is 350 g/mol. The summed E-state index contributed by atoms with van der Waals surface area (Å²) in [4.78, 5) is 16.7. The number of hydrogen-bond donors (Lipinski definition) is 1. The highest BCUT2D eigenvalue weighted by molar-refractivity contribution is 7.21. The molecule has 5 heteroatoms. The standard InChI is InChI=1S/C19H14N2OS2/c22-18(11-13-9-10-23-12-13)20-15-7-5-14(6-8-15)19-21-16-3-1-2-4-17(16)24-19/h1-10,12H,11H2,(H,20,22). The van der Waals surface area contributed by atoms with Crippen molar-refractivity contribution in [1.29, 1.82) is 0 Å². The van der Waals surface area contributed by atoms with Crippen LogP contribution in [0.25, 0.3) is 20.8 Å². The van der Waals surface area contributed by atoms with E-state index in [1.165, 1.54) is 4.70 Å². The van der Waals surface area contributed by atoms with Crippen molar-refractivity contribution in [1.82, 2.24) is 4.98 Å². The highest BCUT2D eigenvalue weighted by Crippen LogP contribution is 2.30. The molecule has 0 saturated carbocycles. The summed E-state index contributed by atoms with van der Waals surface area (Å²) in [6, 6.07) is 17.9. The number of para-hydroxylation sites is 1. The third kappa shape index (κ3) is 3.22. The van der Waals surface area contributed by atoms with Crippen LogP contribution in [0.5, 0.6) is 0 Å². The number of nitrogens with one attached hydrogen (secondary N) is 1. The van der Waals surface area contributed by atoms with Gasteiger partial charge in [0.25, 0.3) is 0 Å². The number of benzene rings is 2. The smallest absolute Gasteiger partial charge is 0.228 e. The summed E-state index contributed by atoms with van der Waals surface area (Å²) in [7, 11) is 0. The Labute approximate surface area is 147 Å². The molecule has 3 nitrogen and oxygen atoms in total. The fraction of sp³-hybridized carbons (Fsp3) is 0.0526. The number of anilines is 1. The average Bonchev–Trinajstić information content (AvgIpc) is 3.24. The van der Waals surface area contributed by atoms with Gasteiger partial charge in [0.15, 0.2) is 0 Å². The van der Waals surface area contributed by atoms with E-state index in [0.717, 1.165) is 27.3 Å². The lowest BCUT2D eigenvalue weighted by Crippen LogP contribution is -2.13. The number of carbonyl (C=O) groups excluding carboxylic acids is 1. The first-order chi connectivity index (χ1) is 11.8. The lowest BCUT2D eigenvalue weighted by atomic mass is 10.2. The molecule has 0 aliphatic carbocycles. The molecule has 1 amide bonds. The summed E-state index contributed by atoms with van der Waals surface area (Å²) >= 11 is 3.28. The van der Waals surface area contributed by atoms with Gasteiger partial charge < -0.3 is 5.32 Å². The predicted octanol–water partition coefficient (Wildman–Crippen LogP) is 5.21. The van der Waals surface area contributed by atoms with Gasteiger partial charge in [-0.25, -0.2) is 4.98 Å². The molecular formula is C19H14N2OS2. The second-order valence-electron chi connectivity index (χ2n) is 5.42. The topological polar surface area (TPSA) is 42.0 Å². The van der Waals surface area contributed by atoms with Crippen molar-refractivity contribution >= 4 is 44.5 Å². The zero-order valence-corrected chi connectivity index (χ0v) is 14.4. The number of fused-ring (bicyclic) bond motifs is 1. The van der Waals surface area contributed by atoms with E-state index in [0.29, 0.717) is 6.42 Å². The summed E-state index contributed by atoms with van der Waals surface area (Å²) in [5.74, 6) is 0.00105. The Bertz CT molecular complexity index is 939. The molecule has 0 atom stereocenters. The van der Waals surface area contributed by atoms with E-state index in [4.69, 9.17) is 0 Å². The molecule has 0 spiro atoms. The van der Waals surface area contributed by atoms with E-state index in [1.807, 2.05) is 59.3 Å². The van der Waals surface area contributed by atoms with Gasteiger partial charge >= 0.3 is 0 Å². The third-order valence-electron chi connectivity index (χ3n) is 3.65. The van der Waals surface area contributed by atoms with Crippen molar-refractivity contribution in [2.75, 3.05) is 5.32 Å². The summed E-state index contributed by atoms with van der Waals surface area (Å²) in [6.07, 6.45) is 0.406. The van der Waals surface area contributed by atoms with Crippen molar-refractivity contribution in [2.45, 2.75) is 6.42 Å². The first kappa shape index (κ1) is 15.1. The zero-order valence-electron chi connectivity index (χ0n) is 12.7. The monoisotopic (exact) mass is 350 g/mol. The van der Waals surface area contributed by atoms with Gasteiger partial charge in [-0.05, 0) is 58.8 Å². The summed E-state index contributed by atoms with van der Waals surface area (Å²) in [5.41, 5.74) is 3.93. The minimum Gasteiger partial charge on any atom is -0.326 e. The van der Waals surface area contributed by atoms with E-state index in [2.05, 4.69) is 16.4 Å². The molecule has 24 heavy (non-hydrogen) atoms. The first-order valence-corrected chi connectivity index (χ1v) is 9.31. The Balaban J connectivity index is 1.49. The molecule has 4 rings (SSSR count). The molecule has 4 aromatic rings. The van der Waals surface area contributed by atoms with Gasteiger partial charge in [0.1, 0.15) is 5.01 Å². The summed E-state index contributed by atoms with van der Waals surface area (Å²) < 4.78 is 1.18. The maximum atomic E-state index is 12.0. The Kier molecular flexibility index (Phi) is 4.11. The van der Waals surface area contributed by atoms with Crippen molar-refractivity contribution < 1.29 is 4.79 Å². The van der Waals surface area contributed by atoms with Gasteiger partial charge in [-0.1, -0.05) is 12.1 Å². The number of aromatic nitrogens is 1. The lowest BCUT2D eigenvalue weighted by Gasteiger charge is -2.05. The second kappa shape index (κ2) is 6.55. The number of amides is 1. The number of nitrogens with zero attached hydrogens (tertiary/aromatic N) is 1. The van der Waals surface area contributed by atoms with Crippen LogP contribution in [-0.2, 0) is 11.2 Å². The zero-order chi connectivity index (χ0) is 16.4. The molecule has 1 N–H and O–H groups in total. The van der Waals surface area contributed by atoms with E-state index < -0.39 is 0 Å². The van der Waals surface area contributed by atoms with Crippen LogP contribution < -0.4 is 5.32 Å². The molecule has 0 saturated heterocycles. The Morgan fingerprint density at radius 1 is 1.04 bits per heavy atom. The van der Waals surface area contributed by atoms with Gasteiger partial charge in [-0.2, -0.15) is 11.3 Å². The molecule has 118 valence electrons. The van der Waals surface area contributed by atoms with E-state index >= 15 is 0 Å². The van der Waals surface area contributed by atoms with E-state index in [9.17, 15) is 4.79 Å². The molecule has 2 heterocycles. The quantitative estimate of drug-likeness (QED) is 0.549. The van der Waals surface area contributed by atoms with Crippen LogP contribution in [0, 0.1) is 0 Å². The van der Waals surface area contributed by atoms with Crippen molar-refractivity contribution in [3.05, 3.63) is 70.9 Å². The highest BCUT2D eigenvalue weighted by Gasteiger charge is 2.07. The van der Waals surface area contributed by atoms with Crippen LogP contribution >= 0.6 is 22.7 Å². The SMILES string of the molecule is O=C(Cc1ccsc1)Nc1ccc(-c2nc3ccccc3s2)cc1. The largest absolute Gasteiger partial charge is 0.326 e. The molecule has 0 fully saturated rings. The highest BCUT2D eigenvalue weighted by atomic mass is 32.1. The Morgan fingerprint density at radius 2 is 1.88 bits per heavy atom. The molecule has 0 radical (unpaired) electrons. The van der Waals surface area contributed by atoms with Crippen LogP contribution in [0.15, 0.2) is 65.4 Å². The predicted molar refractivity (Wildman–Crippen MR) is 102 cm³/mol. The Morgan fingerprint density at radius 3 is 2.62 bits per heavy atom. The number of hydrogen-bond acceptors (Lipinski definition) is 4. The number of thiophene rings is 1. The maximum absolute atomic E-state index is 12.0. The molecule has 0 bridgehead atoms. The first-order valence-electron chi connectivity index (χ1n) is 7.55. The van der Waals surface area contributed by atoms with Crippen LogP contribution in [-0.4, -0.2) is 10.9 Å². The summed E-state index contributed by atoms with van der Waals surface area (Å²) in [6.45, 7) is 0. The van der Waals surface area contributed by atoms with Crippen molar-refractivity contribution in [2.24, 2.45) is 0 Å². The second-order valence-corrected chi connectivity index (χ2v) is 7.23. The molecule has 2 aromatic heterocycles. The molecule has 0 unspecified atom stereocenters. The number of rotatable bonds is 4. The van der Waals surface area contributed by atoms with E-state index in [1.54, 1.807) is 22.7 Å². The molecule has 2 aromatic carbocycles. The minimum atomic E-state index is 0.00105. The normalized spacial score (nSPS) is 10.8. The van der Waals surface area contributed by atoms with Gasteiger partial charge in [0, 0.05) is 11.3 Å². The van der Waals surface area contributed by atoms with Gasteiger partial charge in [0.05, 0.1) is 16.6 Å². The van der Waals surface area contributed by atoms with Crippen molar-refractivity contribution in [3.8, 4) is 10.6 Å². The van der Waals surface area contributed by atoms with Crippen LogP contribution in [0.2, 0.25) is 0 Å². The van der Waals surface area contributed by atoms with Crippen LogP contribution in [0.1, 0.15) is 5.56 Å². The summed E-state index contributed by atoms with van der Waals surface area (Å²) in [5, 5.41) is 7.90. The Hall–Kier alpha value is -2.50. The molecule has 0 aliphatic heterocycles. The number of thiazole rings is 1. The fourth-order valence-corrected chi connectivity index (χ4v) is 4.12. The van der Waals surface area contributed by atoms with Crippen LogP contribution in [0.3, 0.4) is 0 Å². The van der Waals surface area contributed by atoms with Crippen LogP contribution in [0.4, 0.5) is 5.69 Å². The van der Waals surface area contributed by atoms with Gasteiger partial charge in [0.2, 0.25) is 5.91 Å². The fourth-order valence-electron chi connectivity index (χ4n) is 2.48. The number of carbonyl (C=O) groups is 1. The van der Waals surface area contributed by atoms with Gasteiger partial charge in [-0.15, -0.1) is 11.3 Å². The van der Waals surface area contributed by atoms with E-state index in [-0.39, 0.29) is 5.91 Å².